The topological polar surface area (TPSA) is 71.2 Å². The number of nitrogens with two attached hydrogens (primary N) is 1. The summed E-state index contributed by atoms with van der Waals surface area (Å²) in [6.07, 6.45) is 3.86. The predicted molar refractivity (Wildman–Crippen MR) is 62.0 cm³/mol. The van der Waals surface area contributed by atoms with Crippen molar-refractivity contribution in [1.29, 1.82) is 0 Å². The summed E-state index contributed by atoms with van der Waals surface area (Å²) in [7, 11) is 0. The maximum absolute atomic E-state index is 11.7. The molecule has 1 aromatic rings. The summed E-state index contributed by atoms with van der Waals surface area (Å²) in [5.41, 5.74) is 6.42. The Morgan fingerprint density at radius 3 is 2.75 bits per heavy atom. The molecule has 1 aromatic heterocycles. The molecule has 0 spiro atoms. The molecule has 16 heavy (non-hydrogen) atoms. The molecule has 0 aliphatic carbocycles. The van der Waals surface area contributed by atoms with Crippen molar-refractivity contribution < 1.29 is 4.79 Å². The van der Waals surface area contributed by atoms with Crippen LogP contribution >= 0.6 is 0 Å². The minimum absolute atomic E-state index is 0.0644. The molecule has 1 fully saturated rings. The molecule has 1 aliphatic rings. The number of hydrogen-bond donors (Lipinski definition) is 2. The quantitative estimate of drug-likeness (QED) is 0.785. The van der Waals surface area contributed by atoms with Gasteiger partial charge >= 0.3 is 6.03 Å². The molecule has 86 valence electrons. The van der Waals surface area contributed by atoms with Gasteiger partial charge in [0.25, 0.3) is 0 Å². The van der Waals surface area contributed by atoms with Crippen molar-refractivity contribution >= 4 is 11.8 Å². The third-order valence-electron chi connectivity index (χ3n) is 2.69. The molecule has 1 saturated heterocycles. The van der Waals surface area contributed by atoms with E-state index in [1.54, 1.807) is 17.2 Å². The molecule has 5 nitrogen and oxygen atoms in total. The van der Waals surface area contributed by atoms with Crippen LogP contribution in [-0.2, 0) is 6.54 Å². The van der Waals surface area contributed by atoms with Gasteiger partial charge in [-0.05, 0) is 24.5 Å². The first-order chi connectivity index (χ1) is 7.79. The number of aromatic nitrogens is 1. The summed E-state index contributed by atoms with van der Waals surface area (Å²) < 4.78 is 0. The zero-order valence-corrected chi connectivity index (χ0v) is 9.15. The van der Waals surface area contributed by atoms with Crippen LogP contribution in [0.3, 0.4) is 0 Å². The van der Waals surface area contributed by atoms with Gasteiger partial charge < -0.3 is 10.6 Å². The number of amides is 2. The van der Waals surface area contributed by atoms with Crippen molar-refractivity contribution in [1.82, 2.24) is 9.88 Å². The maximum Gasteiger partial charge on any atom is 0.323 e. The number of carbonyl (C=O) groups is 1. The third-order valence-corrected chi connectivity index (χ3v) is 2.69. The minimum atomic E-state index is -0.0644. The van der Waals surface area contributed by atoms with Crippen molar-refractivity contribution in [2.24, 2.45) is 5.73 Å². The number of hydrogen-bond acceptors (Lipinski definition) is 3. The fourth-order valence-corrected chi connectivity index (χ4v) is 1.73. The van der Waals surface area contributed by atoms with Crippen LogP contribution in [0.15, 0.2) is 18.3 Å². The fourth-order valence-electron chi connectivity index (χ4n) is 1.73. The Labute approximate surface area is 94.6 Å². The van der Waals surface area contributed by atoms with Crippen LogP contribution in [0.4, 0.5) is 10.6 Å². The number of likely N-dealkylation sites (tertiary alicyclic amines) is 1. The Balaban J connectivity index is 1.94. The van der Waals surface area contributed by atoms with Crippen molar-refractivity contribution in [3.8, 4) is 0 Å². The number of anilines is 1. The molecule has 1 aliphatic heterocycles. The minimum Gasteiger partial charge on any atom is -0.326 e. The standard InChI is InChI=1S/C11H16N4O/c12-7-9-3-4-10(13-8-9)14-11(16)15-5-1-2-6-15/h3-4,8H,1-2,5-7,12H2,(H,13,14,16). The molecule has 2 rings (SSSR count). The van der Waals surface area contributed by atoms with Crippen LogP contribution in [-0.4, -0.2) is 29.0 Å². The average Bonchev–Trinajstić information content (AvgIpc) is 2.83. The highest BCUT2D eigenvalue weighted by Gasteiger charge is 2.17. The smallest absolute Gasteiger partial charge is 0.323 e. The first-order valence-corrected chi connectivity index (χ1v) is 5.50. The Bertz CT molecular complexity index is 357. The first kappa shape index (κ1) is 10.9. The molecule has 0 aromatic carbocycles. The van der Waals surface area contributed by atoms with Gasteiger partial charge in [-0.1, -0.05) is 6.07 Å². The molecule has 0 atom stereocenters. The molecule has 2 heterocycles. The van der Waals surface area contributed by atoms with Gasteiger partial charge in [0.05, 0.1) is 0 Å². The van der Waals surface area contributed by atoms with Crippen LogP contribution in [0.1, 0.15) is 18.4 Å². The van der Waals surface area contributed by atoms with Gasteiger partial charge in [0.2, 0.25) is 0 Å². The summed E-state index contributed by atoms with van der Waals surface area (Å²) in [6.45, 7) is 2.15. The lowest BCUT2D eigenvalue weighted by Crippen LogP contribution is -2.32. The van der Waals surface area contributed by atoms with E-state index in [0.717, 1.165) is 31.5 Å². The second-order valence-electron chi connectivity index (χ2n) is 3.88. The summed E-state index contributed by atoms with van der Waals surface area (Å²) in [5.74, 6) is 0.578. The van der Waals surface area contributed by atoms with Crippen LogP contribution < -0.4 is 11.1 Å². The summed E-state index contributed by atoms with van der Waals surface area (Å²) in [6, 6.07) is 3.58. The zero-order chi connectivity index (χ0) is 11.4. The second-order valence-corrected chi connectivity index (χ2v) is 3.88. The normalized spacial score (nSPS) is 15.2. The summed E-state index contributed by atoms with van der Waals surface area (Å²) in [4.78, 5) is 17.6. The van der Waals surface area contributed by atoms with Gasteiger partial charge in [0.1, 0.15) is 5.82 Å². The highest BCUT2D eigenvalue weighted by Crippen LogP contribution is 2.10. The Kier molecular flexibility index (Phi) is 3.36. The van der Waals surface area contributed by atoms with E-state index in [-0.39, 0.29) is 6.03 Å². The van der Waals surface area contributed by atoms with E-state index in [9.17, 15) is 4.79 Å². The monoisotopic (exact) mass is 220 g/mol. The molecular weight excluding hydrogens is 204 g/mol. The molecule has 5 heteroatoms. The highest BCUT2D eigenvalue weighted by molar-refractivity contribution is 5.88. The number of nitrogens with zero attached hydrogens (tertiary/aromatic N) is 2. The van der Waals surface area contributed by atoms with E-state index in [4.69, 9.17) is 5.73 Å². The average molecular weight is 220 g/mol. The lowest BCUT2D eigenvalue weighted by atomic mass is 10.3. The van der Waals surface area contributed by atoms with Crippen LogP contribution in [0, 0.1) is 0 Å². The fraction of sp³-hybridized carbons (Fsp3) is 0.455. The van der Waals surface area contributed by atoms with E-state index in [0.29, 0.717) is 12.4 Å². The first-order valence-electron chi connectivity index (χ1n) is 5.50. The lowest BCUT2D eigenvalue weighted by Gasteiger charge is -2.15. The third kappa shape index (κ3) is 2.49. The van der Waals surface area contributed by atoms with Crippen LogP contribution in [0.5, 0.6) is 0 Å². The highest BCUT2D eigenvalue weighted by atomic mass is 16.2. The summed E-state index contributed by atoms with van der Waals surface area (Å²) in [5, 5.41) is 2.77. The predicted octanol–water partition coefficient (Wildman–Crippen LogP) is 1.17. The Morgan fingerprint density at radius 2 is 2.19 bits per heavy atom. The molecule has 3 N–H and O–H groups in total. The molecule has 2 amide bonds. The zero-order valence-electron chi connectivity index (χ0n) is 9.15. The van der Waals surface area contributed by atoms with Gasteiger partial charge in [-0.25, -0.2) is 9.78 Å². The molecule has 0 unspecified atom stereocenters. The van der Waals surface area contributed by atoms with E-state index in [1.807, 2.05) is 6.07 Å². The molecular formula is C11H16N4O. The van der Waals surface area contributed by atoms with Crippen molar-refractivity contribution in [2.45, 2.75) is 19.4 Å². The van der Waals surface area contributed by atoms with E-state index in [2.05, 4.69) is 10.3 Å². The largest absolute Gasteiger partial charge is 0.326 e. The molecule has 0 radical (unpaired) electrons. The van der Waals surface area contributed by atoms with Gasteiger partial charge in [0.15, 0.2) is 0 Å². The molecule has 0 bridgehead atoms. The van der Waals surface area contributed by atoms with Crippen LogP contribution in [0.25, 0.3) is 0 Å². The number of rotatable bonds is 2. The number of urea groups is 1. The van der Waals surface area contributed by atoms with Crippen molar-refractivity contribution in [2.75, 3.05) is 18.4 Å². The Morgan fingerprint density at radius 1 is 1.44 bits per heavy atom. The van der Waals surface area contributed by atoms with Gasteiger partial charge in [-0.15, -0.1) is 0 Å². The lowest BCUT2D eigenvalue weighted by molar-refractivity contribution is 0.222. The van der Waals surface area contributed by atoms with Crippen LogP contribution in [0.2, 0.25) is 0 Å². The SMILES string of the molecule is NCc1ccc(NC(=O)N2CCCC2)nc1. The Hall–Kier alpha value is -1.62. The van der Waals surface area contributed by atoms with Crippen molar-refractivity contribution in [3.05, 3.63) is 23.9 Å². The van der Waals surface area contributed by atoms with Crippen molar-refractivity contribution in [3.63, 3.8) is 0 Å². The van der Waals surface area contributed by atoms with E-state index in [1.165, 1.54) is 0 Å². The van der Waals surface area contributed by atoms with Gasteiger partial charge in [0, 0.05) is 25.8 Å². The number of nitrogens with one attached hydrogen (secondary N) is 1. The number of carbonyl (C=O) groups excluding carboxylic acids is 1. The van der Waals surface area contributed by atoms with E-state index < -0.39 is 0 Å². The molecule has 0 saturated carbocycles. The maximum atomic E-state index is 11.7. The van der Waals surface area contributed by atoms with E-state index >= 15 is 0 Å². The van der Waals surface area contributed by atoms with Gasteiger partial charge in [-0.3, -0.25) is 5.32 Å². The number of pyridine rings is 1. The van der Waals surface area contributed by atoms with Gasteiger partial charge in [-0.2, -0.15) is 0 Å². The second kappa shape index (κ2) is 4.94. The summed E-state index contributed by atoms with van der Waals surface area (Å²) >= 11 is 0.